The largest absolute Gasteiger partial charge is 0.298 e. The van der Waals surface area contributed by atoms with Crippen LogP contribution >= 0.6 is 0 Å². The second kappa shape index (κ2) is 2.37. The highest BCUT2D eigenvalue weighted by molar-refractivity contribution is 5.76. The van der Waals surface area contributed by atoms with Crippen LogP contribution in [0.15, 0.2) is 12.5 Å². The molecule has 0 aromatic carbocycles. The summed E-state index contributed by atoms with van der Waals surface area (Å²) >= 11 is 0. The van der Waals surface area contributed by atoms with Crippen LogP contribution in [0.3, 0.4) is 0 Å². The van der Waals surface area contributed by atoms with Crippen molar-refractivity contribution in [2.45, 2.75) is 6.92 Å². The lowest BCUT2D eigenvalue weighted by atomic mass is 10.3. The van der Waals surface area contributed by atoms with Crippen molar-refractivity contribution in [3.63, 3.8) is 0 Å². The Kier molecular flexibility index (Phi) is 1.36. The van der Waals surface area contributed by atoms with Crippen LogP contribution in [0.2, 0.25) is 0 Å². The third-order valence-electron chi connectivity index (χ3n) is 1.63. The summed E-state index contributed by atoms with van der Waals surface area (Å²) in [6.45, 7) is 1.76. The Hall–Kier alpha value is -1.78. The van der Waals surface area contributed by atoms with E-state index in [4.69, 9.17) is 0 Å². The zero-order valence-electron chi connectivity index (χ0n) is 6.43. The van der Waals surface area contributed by atoms with Crippen molar-refractivity contribution < 1.29 is 4.79 Å². The predicted octanol–water partition coefficient (Wildman–Crippen LogP) is 0.245. The van der Waals surface area contributed by atoms with Gasteiger partial charge in [-0.15, -0.1) is 0 Å². The Balaban J connectivity index is 2.81. The zero-order chi connectivity index (χ0) is 8.55. The number of hydrogen-bond donors (Lipinski definition) is 0. The van der Waals surface area contributed by atoms with E-state index in [0.29, 0.717) is 17.0 Å². The van der Waals surface area contributed by atoms with Crippen LogP contribution < -0.4 is 0 Å². The summed E-state index contributed by atoms with van der Waals surface area (Å²) in [5.74, 6) is 0.512. The summed E-state index contributed by atoms with van der Waals surface area (Å²) in [6, 6.07) is 0. The Morgan fingerprint density at radius 3 is 3.17 bits per heavy atom. The number of rotatable bonds is 1. The Morgan fingerprint density at radius 1 is 1.58 bits per heavy atom. The first-order valence-corrected chi connectivity index (χ1v) is 3.43. The fourth-order valence-corrected chi connectivity index (χ4v) is 0.970. The first kappa shape index (κ1) is 6.90. The number of aldehydes is 1. The molecular weight excluding hydrogens is 156 g/mol. The van der Waals surface area contributed by atoms with Crippen molar-refractivity contribution in [3.05, 3.63) is 23.8 Å². The minimum absolute atomic E-state index is 0.512. The van der Waals surface area contributed by atoms with Crippen LogP contribution in [0.4, 0.5) is 0 Å². The molecule has 0 spiro atoms. The van der Waals surface area contributed by atoms with Crippen molar-refractivity contribution in [1.82, 2.24) is 19.6 Å². The molecule has 0 aliphatic rings. The van der Waals surface area contributed by atoms with Gasteiger partial charge >= 0.3 is 0 Å². The van der Waals surface area contributed by atoms with Gasteiger partial charge in [0.05, 0.1) is 11.3 Å². The van der Waals surface area contributed by atoms with E-state index < -0.39 is 0 Å². The Labute approximate surface area is 68.1 Å². The molecule has 5 nitrogen and oxygen atoms in total. The molecular formula is C7H6N4O. The highest BCUT2D eigenvalue weighted by Gasteiger charge is 2.02. The fraction of sp³-hybridized carbons (Fsp3) is 0.143. The van der Waals surface area contributed by atoms with E-state index in [1.54, 1.807) is 13.1 Å². The molecule has 0 radical (unpaired) electrons. The summed E-state index contributed by atoms with van der Waals surface area (Å²) < 4.78 is 1.47. The smallest absolute Gasteiger partial charge is 0.252 e. The van der Waals surface area contributed by atoms with Crippen molar-refractivity contribution in [1.29, 1.82) is 0 Å². The van der Waals surface area contributed by atoms with Crippen molar-refractivity contribution >= 4 is 12.1 Å². The zero-order valence-corrected chi connectivity index (χ0v) is 6.43. The number of hydrogen-bond acceptors (Lipinski definition) is 4. The Morgan fingerprint density at radius 2 is 2.42 bits per heavy atom. The molecule has 0 bridgehead atoms. The summed E-state index contributed by atoms with van der Waals surface area (Å²) in [5.41, 5.74) is 1.21. The van der Waals surface area contributed by atoms with Gasteiger partial charge in [0.1, 0.15) is 6.33 Å². The number of carbonyl (C=O) groups excluding carboxylic acids is 1. The number of aromatic nitrogens is 4. The summed E-state index contributed by atoms with van der Waals surface area (Å²) in [4.78, 5) is 18.4. The highest BCUT2D eigenvalue weighted by Crippen LogP contribution is 2.02. The topological polar surface area (TPSA) is 60.1 Å². The molecule has 2 aromatic rings. The maximum atomic E-state index is 10.5. The molecule has 0 aliphatic carbocycles. The van der Waals surface area contributed by atoms with Gasteiger partial charge in [-0.2, -0.15) is 10.1 Å². The molecule has 2 aromatic heterocycles. The molecule has 5 heteroatoms. The van der Waals surface area contributed by atoms with Gasteiger partial charge in [-0.05, 0) is 6.92 Å². The second-order valence-electron chi connectivity index (χ2n) is 2.40. The van der Waals surface area contributed by atoms with Crippen LogP contribution in [0.5, 0.6) is 0 Å². The maximum absolute atomic E-state index is 10.5. The number of aryl methyl sites for hydroxylation is 1. The molecule has 0 unspecified atom stereocenters. The van der Waals surface area contributed by atoms with Gasteiger partial charge in [0.25, 0.3) is 5.78 Å². The minimum Gasteiger partial charge on any atom is -0.298 e. The number of nitrogens with zero attached hydrogens (tertiary/aromatic N) is 4. The average Bonchev–Trinajstić information content (AvgIpc) is 2.49. The van der Waals surface area contributed by atoms with Gasteiger partial charge in [0, 0.05) is 6.20 Å². The molecule has 12 heavy (non-hydrogen) atoms. The van der Waals surface area contributed by atoms with E-state index in [1.807, 2.05) is 0 Å². The lowest BCUT2D eigenvalue weighted by Crippen LogP contribution is -1.98. The Bertz CT molecular complexity index is 434. The van der Waals surface area contributed by atoms with Gasteiger partial charge in [-0.1, -0.05) is 0 Å². The van der Waals surface area contributed by atoms with Gasteiger partial charge in [0.2, 0.25) is 0 Å². The molecule has 60 valence electrons. The molecule has 0 atom stereocenters. The molecule has 2 rings (SSSR count). The summed E-state index contributed by atoms with van der Waals surface area (Å²) in [7, 11) is 0. The molecule has 2 heterocycles. The van der Waals surface area contributed by atoms with E-state index in [0.717, 1.165) is 6.29 Å². The van der Waals surface area contributed by atoms with Crippen LogP contribution in [-0.4, -0.2) is 25.9 Å². The maximum Gasteiger partial charge on any atom is 0.252 e. The molecule has 0 fully saturated rings. The summed E-state index contributed by atoms with van der Waals surface area (Å²) in [6.07, 6.45) is 3.76. The second-order valence-corrected chi connectivity index (χ2v) is 2.40. The summed E-state index contributed by atoms with van der Waals surface area (Å²) in [5, 5.41) is 3.85. The third kappa shape index (κ3) is 0.868. The quantitative estimate of drug-likeness (QED) is 0.564. The van der Waals surface area contributed by atoms with Crippen molar-refractivity contribution in [3.8, 4) is 0 Å². The van der Waals surface area contributed by atoms with Gasteiger partial charge in [0.15, 0.2) is 6.29 Å². The van der Waals surface area contributed by atoms with Gasteiger partial charge in [-0.3, -0.25) is 4.79 Å². The molecule has 0 saturated heterocycles. The van der Waals surface area contributed by atoms with Crippen molar-refractivity contribution in [2.24, 2.45) is 0 Å². The standard InChI is InChI=1S/C7H6N4O/c1-5-6(3-12)2-11-7(10-5)8-4-9-11/h2-4H,1H3. The number of fused-ring (bicyclic) bond motifs is 1. The monoisotopic (exact) mass is 162 g/mol. The minimum atomic E-state index is 0.512. The fourth-order valence-electron chi connectivity index (χ4n) is 0.970. The first-order chi connectivity index (χ1) is 5.81. The van der Waals surface area contributed by atoms with E-state index in [-0.39, 0.29) is 0 Å². The van der Waals surface area contributed by atoms with Gasteiger partial charge < -0.3 is 0 Å². The molecule has 0 amide bonds. The first-order valence-electron chi connectivity index (χ1n) is 3.43. The van der Waals surface area contributed by atoms with Crippen LogP contribution in [-0.2, 0) is 0 Å². The average molecular weight is 162 g/mol. The SMILES string of the molecule is Cc1nc2ncnn2cc1C=O. The lowest BCUT2D eigenvalue weighted by Gasteiger charge is -1.96. The normalized spacial score (nSPS) is 10.4. The molecule has 0 aliphatic heterocycles. The lowest BCUT2D eigenvalue weighted by molar-refractivity contribution is 0.112. The van der Waals surface area contributed by atoms with Gasteiger partial charge in [-0.25, -0.2) is 9.50 Å². The highest BCUT2D eigenvalue weighted by atomic mass is 16.1. The van der Waals surface area contributed by atoms with Crippen molar-refractivity contribution in [2.75, 3.05) is 0 Å². The molecule has 0 saturated carbocycles. The number of carbonyl (C=O) groups is 1. The predicted molar refractivity (Wildman–Crippen MR) is 40.9 cm³/mol. The van der Waals surface area contributed by atoms with Crippen LogP contribution in [0, 0.1) is 6.92 Å². The third-order valence-corrected chi connectivity index (χ3v) is 1.63. The van der Waals surface area contributed by atoms with E-state index in [9.17, 15) is 4.79 Å². The van der Waals surface area contributed by atoms with E-state index in [1.165, 1.54) is 10.8 Å². The van der Waals surface area contributed by atoms with E-state index in [2.05, 4.69) is 15.1 Å². The molecule has 0 N–H and O–H groups in total. The van der Waals surface area contributed by atoms with Crippen LogP contribution in [0.1, 0.15) is 16.1 Å². The van der Waals surface area contributed by atoms with E-state index >= 15 is 0 Å². The van der Waals surface area contributed by atoms with Crippen LogP contribution in [0.25, 0.3) is 5.78 Å².